The maximum absolute atomic E-state index is 6.38. The lowest BCUT2D eigenvalue weighted by atomic mass is 9.45. The van der Waals surface area contributed by atoms with Gasteiger partial charge in [0.05, 0.1) is 17.3 Å². The van der Waals surface area contributed by atoms with Crippen LogP contribution in [-0.2, 0) is 18.8 Å². The van der Waals surface area contributed by atoms with Gasteiger partial charge in [-0.2, -0.15) is 0 Å². The van der Waals surface area contributed by atoms with Crippen molar-refractivity contribution < 1.29 is 18.8 Å². The summed E-state index contributed by atoms with van der Waals surface area (Å²) in [6, 6.07) is 3.85. The average Bonchev–Trinajstić information content (AvgIpc) is 2.93. The summed E-state index contributed by atoms with van der Waals surface area (Å²) in [5.74, 6) is 1.30. The third-order valence-electron chi connectivity index (χ3n) is 6.56. The van der Waals surface area contributed by atoms with Gasteiger partial charge in [0.2, 0.25) is 0 Å². The lowest BCUT2D eigenvalue weighted by Crippen LogP contribution is -2.63. The van der Waals surface area contributed by atoms with E-state index in [1.54, 1.807) is 20.4 Å². The molecule has 3 aliphatic carbocycles. The summed E-state index contributed by atoms with van der Waals surface area (Å²) in [7, 11) is 2.84. The summed E-state index contributed by atoms with van der Waals surface area (Å²) in [6.45, 7) is 6.93. The van der Waals surface area contributed by atoms with Crippen LogP contribution in [0.15, 0.2) is 18.3 Å². The number of aromatic nitrogens is 1. The monoisotopic (exact) mass is 331 g/mol. The van der Waals surface area contributed by atoms with E-state index in [1.807, 2.05) is 12.1 Å². The van der Waals surface area contributed by atoms with E-state index >= 15 is 0 Å². The predicted octanol–water partition coefficient (Wildman–Crippen LogP) is 2.31. The third kappa shape index (κ3) is 2.27. The smallest absolute Gasteiger partial charge is 0.400 e. The normalized spacial score (nSPS) is 36.6. The van der Waals surface area contributed by atoms with Crippen LogP contribution in [0.4, 0.5) is 0 Å². The van der Waals surface area contributed by atoms with Crippen molar-refractivity contribution in [3.63, 3.8) is 0 Å². The van der Waals surface area contributed by atoms with E-state index in [0.29, 0.717) is 11.3 Å². The molecule has 24 heavy (non-hydrogen) atoms. The Morgan fingerprint density at radius 1 is 1.29 bits per heavy atom. The Bertz CT molecular complexity index is 635. The quantitative estimate of drug-likeness (QED) is 0.626. The fourth-order valence-corrected chi connectivity index (χ4v) is 4.95. The molecular formula is C18H26BNO4. The first-order chi connectivity index (χ1) is 11.4. The number of hydrogen-bond donors (Lipinski definition) is 0. The van der Waals surface area contributed by atoms with Gasteiger partial charge in [-0.1, -0.05) is 13.8 Å². The maximum atomic E-state index is 6.38. The molecule has 0 aromatic carbocycles. The van der Waals surface area contributed by atoms with Crippen LogP contribution >= 0.6 is 0 Å². The minimum atomic E-state index is -0.413. The minimum Gasteiger partial charge on any atom is -0.400 e. The number of nitrogens with zero attached hydrogens (tertiary/aromatic N) is 1. The fraction of sp³-hybridized carbons (Fsp3) is 0.722. The zero-order valence-corrected chi connectivity index (χ0v) is 15.1. The van der Waals surface area contributed by atoms with Gasteiger partial charge in [-0.05, 0) is 49.1 Å². The standard InChI is InChI=1S/C18H26BNO4/c1-17(2)12-9-13(17)15-18(3,10-12)24-19(23-15)14-8-11(6-7-20-14)16(21-4)22-5/h6-8,12-13,15-16H,9-10H2,1-5H3/t12-,13+,15?,18+/m1/s1. The first-order valence-electron chi connectivity index (χ1n) is 8.74. The molecular weight excluding hydrogens is 305 g/mol. The predicted molar refractivity (Wildman–Crippen MR) is 90.7 cm³/mol. The Kier molecular flexibility index (Phi) is 3.81. The summed E-state index contributed by atoms with van der Waals surface area (Å²) in [5, 5.41) is 0. The molecule has 4 atom stereocenters. The van der Waals surface area contributed by atoms with Crippen LogP contribution in [0.25, 0.3) is 0 Å². The van der Waals surface area contributed by atoms with E-state index in [4.69, 9.17) is 18.8 Å². The molecule has 3 saturated carbocycles. The highest BCUT2D eigenvalue weighted by molar-refractivity contribution is 6.61. The van der Waals surface area contributed by atoms with Crippen LogP contribution in [0.2, 0.25) is 0 Å². The molecule has 1 unspecified atom stereocenters. The zero-order valence-electron chi connectivity index (χ0n) is 15.1. The summed E-state index contributed by atoms with van der Waals surface area (Å²) < 4.78 is 23.4. The molecule has 5 rings (SSSR count). The average molecular weight is 331 g/mol. The molecule has 0 N–H and O–H groups in total. The molecule has 2 heterocycles. The van der Waals surface area contributed by atoms with Gasteiger partial charge in [0, 0.05) is 26.0 Å². The molecule has 0 radical (unpaired) electrons. The maximum Gasteiger partial charge on any atom is 0.514 e. The second-order valence-electron chi connectivity index (χ2n) is 8.20. The molecule has 1 aliphatic heterocycles. The van der Waals surface area contributed by atoms with Crippen molar-refractivity contribution in [2.45, 2.75) is 51.6 Å². The van der Waals surface area contributed by atoms with E-state index in [2.05, 4.69) is 25.8 Å². The molecule has 1 aromatic heterocycles. The minimum absolute atomic E-state index is 0.147. The van der Waals surface area contributed by atoms with E-state index in [9.17, 15) is 0 Å². The van der Waals surface area contributed by atoms with Gasteiger partial charge >= 0.3 is 7.12 Å². The lowest BCUT2D eigenvalue weighted by Gasteiger charge is -2.63. The van der Waals surface area contributed by atoms with Gasteiger partial charge in [0.1, 0.15) is 0 Å². The van der Waals surface area contributed by atoms with E-state index in [1.165, 1.54) is 6.42 Å². The van der Waals surface area contributed by atoms with E-state index in [-0.39, 0.29) is 11.7 Å². The molecule has 130 valence electrons. The molecule has 0 spiro atoms. The number of ether oxygens (including phenoxy) is 2. The molecule has 2 bridgehead atoms. The molecule has 4 fully saturated rings. The van der Waals surface area contributed by atoms with Crippen LogP contribution in [-0.4, -0.2) is 38.0 Å². The summed E-state index contributed by atoms with van der Waals surface area (Å²) >= 11 is 0. The van der Waals surface area contributed by atoms with Crippen LogP contribution in [0.1, 0.15) is 45.5 Å². The zero-order chi connectivity index (χ0) is 17.1. The van der Waals surface area contributed by atoms with Gasteiger partial charge in [-0.15, -0.1) is 0 Å². The highest BCUT2D eigenvalue weighted by Gasteiger charge is 2.67. The molecule has 5 nitrogen and oxygen atoms in total. The number of pyridine rings is 1. The summed E-state index contributed by atoms with van der Waals surface area (Å²) in [4.78, 5) is 4.48. The van der Waals surface area contributed by atoms with E-state index < -0.39 is 13.4 Å². The largest absolute Gasteiger partial charge is 0.514 e. The van der Waals surface area contributed by atoms with Crippen molar-refractivity contribution in [1.29, 1.82) is 0 Å². The van der Waals surface area contributed by atoms with Gasteiger partial charge in [-0.25, -0.2) is 0 Å². The second kappa shape index (κ2) is 5.53. The SMILES string of the molecule is COC(OC)c1ccnc(B2OC3[C@@H]4C[C@H](C[C@]3(C)O2)C4(C)C)c1. The molecule has 0 amide bonds. The first-order valence-corrected chi connectivity index (χ1v) is 8.74. The first kappa shape index (κ1) is 16.5. The van der Waals surface area contributed by atoms with Crippen LogP contribution in [0.3, 0.4) is 0 Å². The summed E-state index contributed by atoms with van der Waals surface area (Å²) in [5.41, 5.74) is 1.86. The Balaban J connectivity index is 1.58. The Labute approximate surface area is 144 Å². The summed E-state index contributed by atoms with van der Waals surface area (Å²) in [6.07, 6.45) is 3.82. The number of hydrogen-bond acceptors (Lipinski definition) is 5. The Morgan fingerprint density at radius 3 is 2.71 bits per heavy atom. The second-order valence-corrected chi connectivity index (χ2v) is 8.20. The van der Waals surface area contributed by atoms with E-state index in [0.717, 1.165) is 23.5 Å². The third-order valence-corrected chi connectivity index (χ3v) is 6.56. The highest BCUT2D eigenvalue weighted by Crippen LogP contribution is 2.64. The van der Waals surface area contributed by atoms with Crippen LogP contribution < -0.4 is 5.59 Å². The van der Waals surface area contributed by atoms with Crippen molar-refractivity contribution in [3.8, 4) is 0 Å². The van der Waals surface area contributed by atoms with Crippen molar-refractivity contribution in [2.75, 3.05) is 14.2 Å². The van der Waals surface area contributed by atoms with Gasteiger partial charge < -0.3 is 18.8 Å². The molecule has 1 aromatic rings. The fourth-order valence-electron chi connectivity index (χ4n) is 4.95. The van der Waals surface area contributed by atoms with Crippen molar-refractivity contribution in [3.05, 3.63) is 23.9 Å². The number of rotatable bonds is 4. The van der Waals surface area contributed by atoms with Crippen molar-refractivity contribution in [2.24, 2.45) is 17.3 Å². The highest BCUT2D eigenvalue weighted by atomic mass is 16.7. The van der Waals surface area contributed by atoms with Gasteiger partial charge in [-0.3, -0.25) is 4.98 Å². The molecule has 4 aliphatic rings. The Morgan fingerprint density at radius 2 is 2.04 bits per heavy atom. The Hall–Kier alpha value is -0.945. The lowest BCUT2D eigenvalue weighted by molar-refractivity contribution is -0.185. The topological polar surface area (TPSA) is 49.8 Å². The van der Waals surface area contributed by atoms with Gasteiger partial charge in [0.15, 0.2) is 6.29 Å². The van der Waals surface area contributed by atoms with Crippen molar-refractivity contribution in [1.82, 2.24) is 4.98 Å². The van der Waals surface area contributed by atoms with Crippen LogP contribution in [0, 0.1) is 17.3 Å². The van der Waals surface area contributed by atoms with Crippen LogP contribution in [0.5, 0.6) is 0 Å². The molecule has 6 heteroatoms. The number of methoxy groups -OCH3 is 2. The van der Waals surface area contributed by atoms with Gasteiger partial charge in [0.25, 0.3) is 0 Å². The van der Waals surface area contributed by atoms with Crippen molar-refractivity contribution >= 4 is 12.7 Å². The molecule has 1 saturated heterocycles.